The molecule has 4 N–H and O–H groups in total. The molecule has 0 atom stereocenters. The first-order valence-electron chi connectivity index (χ1n) is 45.4. The highest BCUT2D eigenvalue weighted by Crippen LogP contribution is 2.44. The second-order valence-electron chi connectivity index (χ2n) is 38.9. The number of aromatic amines is 4. The Morgan fingerprint density at radius 1 is 0.475 bits per heavy atom. The third kappa shape index (κ3) is 27.1. The molecule has 752 valence electrons. The molecule has 4 aliphatic heterocycles. The van der Waals surface area contributed by atoms with Crippen LogP contribution in [0.25, 0.3) is 88.5 Å². The fraction of sp³-hybridized carbons (Fsp3) is 0.435. The van der Waals surface area contributed by atoms with Crippen molar-refractivity contribution in [1.82, 2.24) is 101 Å². The number of ether oxygens (including phenoxy) is 3. The summed E-state index contributed by atoms with van der Waals surface area (Å²) in [6.07, 6.45) is 33.6. The second-order valence-corrected chi connectivity index (χ2v) is 66.1. The van der Waals surface area contributed by atoms with Gasteiger partial charge in [-0.15, -0.1) is 0 Å². The fourth-order valence-electron chi connectivity index (χ4n) is 15.2. The molecular formula is C92H116BBr2Cl5N24O11S3Si3. The molecule has 0 radical (unpaired) electrons. The van der Waals surface area contributed by atoms with Crippen LogP contribution in [0.3, 0.4) is 0 Å². The van der Waals surface area contributed by atoms with E-state index in [-0.39, 0.29) is 74.6 Å². The number of nitriles is 3. The minimum absolute atomic E-state index is 0.0312. The quantitative estimate of drug-likeness (QED) is 0.0192. The van der Waals surface area contributed by atoms with Gasteiger partial charge in [0, 0.05) is 257 Å². The van der Waals surface area contributed by atoms with Crippen molar-refractivity contribution in [3.8, 4) is 51.6 Å². The van der Waals surface area contributed by atoms with Gasteiger partial charge in [-0.2, -0.15) is 49.1 Å². The molecule has 18 rings (SSSR count). The predicted octanol–water partition coefficient (Wildman–Crippen LogP) is 19.4. The van der Waals surface area contributed by atoms with Gasteiger partial charge < -0.3 is 47.2 Å². The van der Waals surface area contributed by atoms with Crippen molar-refractivity contribution in [1.29, 1.82) is 15.8 Å². The first-order chi connectivity index (χ1) is 66.5. The zero-order chi connectivity index (χ0) is 103. The van der Waals surface area contributed by atoms with Crippen molar-refractivity contribution in [3.63, 3.8) is 0 Å². The number of rotatable bonds is 29. The van der Waals surface area contributed by atoms with E-state index >= 15 is 0 Å². The standard InChI is InChI=1S/C23H31ClN6O3SSi.C17H17ClN6O2S.C16H21ClN4OSi.C13H18BrClN2OSi.C9H15BN2O2.C7H4BrClN2.C7H10N2O2S/c1-5-34(31,32)29-15-23(16-29,7-8-25)30-14-18(12-27-30)21-19-6-9-28(22(19)26-13-20(21)24)17-33-10-11-35(2,3)4;1-2-27(25,26)23-10-17(11-23,4-5-19)24-9-12(7-22-24)15-13-3-6-20-16(13)21-8-14(15)18;1-23(2,3)7-6-22-11-21-5-4-13-15(12-8-19-20-9-12)14(17)10-18-16(13)21;1-19(2,3)7-6-18-9-17-5-4-10-12(14)11(15)8-16-13(10)17;1-8(2)9(3,4)14-10(13-8)7-5-11-12-6-7;8-6-4-1-2-10-7(4)11-3-5(6)9;1-2-12(10,11)9-5-7(6-9)3-4-8/h6,9,12-14H,5,7,10-11,15-17H2,1-4H3;3,6-9H,2,4,10-11H2,1H3,(H,20,21);4-5,8-10H,6-7,11H2,1-3H3,(H,19,20);4-5,8H,6-7,9H2,1-3H3;5-6H,1-4H3,(H,11,12);1-3H,(H,10,11);3H,2,5-6H2,1H3. The zero-order valence-corrected chi connectivity index (χ0v) is 93.8. The molecule has 0 unspecified atom stereocenters. The summed E-state index contributed by atoms with van der Waals surface area (Å²) in [5.41, 5.74) is 9.09. The lowest BCUT2D eigenvalue weighted by atomic mass is 9.82. The molecule has 35 nitrogen and oxygen atoms in total. The van der Waals surface area contributed by atoms with E-state index in [1.54, 1.807) is 98.3 Å². The van der Waals surface area contributed by atoms with Gasteiger partial charge in [0.25, 0.3) is 0 Å². The molecule has 0 aromatic carbocycles. The minimum Gasteiger partial charge on any atom is -0.399 e. The molecule has 0 aliphatic carbocycles. The molecule has 4 aliphatic rings. The summed E-state index contributed by atoms with van der Waals surface area (Å²) in [6.45, 7) is 39.5. The number of fused-ring (bicyclic) bond motifs is 5. The summed E-state index contributed by atoms with van der Waals surface area (Å²) < 4.78 is 115. The predicted molar refractivity (Wildman–Crippen MR) is 572 cm³/mol. The zero-order valence-electron chi connectivity index (χ0n) is 81.4. The molecule has 18 heterocycles. The van der Waals surface area contributed by atoms with Gasteiger partial charge in [-0.25, -0.2) is 50.2 Å². The Hall–Kier alpha value is -8.84. The summed E-state index contributed by atoms with van der Waals surface area (Å²) in [5, 5.41) is 57.0. The van der Waals surface area contributed by atoms with E-state index < -0.39 is 65.4 Å². The van der Waals surface area contributed by atoms with E-state index in [4.69, 9.17) is 86.8 Å². The van der Waals surface area contributed by atoms with Crippen molar-refractivity contribution in [2.24, 2.45) is 0 Å². The lowest BCUT2D eigenvalue weighted by molar-refractivity contribution is 0.00578. The van der Waals surface area contributed by atoms with Crippen LogP contribution >= 0.6 is 89.9 Å². The number of H-pyrrole nitrogens is 4. The number of halogens is 7. The monoisotopic (exact) mass is 2260 g/mol. The number of hydrogen-bond acceptors (Lipinski definition) is 23. The Balaban J connectivity index is 0.000000152. The van der Waals surface area contributed by atoms with Crippen molar-refractivity contribution in [2.45, 2.75) is 181 Å². The maximum atomic E-state index is 12.2. The second kappa shape index (κ2) is 46.7. The Kier molecular flexibility index (Phi) is 36.7. The fourth-order valence-corrected chi connectivity index (χ4v) is 22.9. The lowest BCUT2D eigenvalue weighted by Gasteiger charge is -2.47. The SMILES string of the molecule is CC1(C)OB(c2cn[nH]c2)OC1(C)C.CCS(=O)(=O)N1CC(=CC#N)C1.CCS(=O)(=O)N1CC(CC#N)(n2cc(-c3c(Cl)cnc4[nH]ccc34)cn2)C1.CCS(=O)(=O)N1CC(CC#N)(n2cc(-c3c(Cl)cnc4c3ccn4COCC[Si](C)(C)C)cn2)C1.C[Si](C)(C)CCOCn1ccc2c(-c3cn[nH]c3)c(Cl)cnc21.C[Si](C)(C)CCOCn1ccc2c(Br)c(Cl)cnc21.Clc1cnc2[nH]ccc2c1Br. The van der Waals surface area contributed by atoms with E-state index in [1.165, 1.54) is 25.0 Å². The van der Waals surface area contributed by atoms with Gasteiger partial charge in [0.2, 0.25) is 30.1 Å². The smallest absolute Gasteiger partial charge is 0.399 e. The van der Waals surface area contributed by atoms with E-state index in [2.05, 4.69) is 168 Å². The number of aromatic nitrogens is 18. The molecule has 0 spiro atoms. The van der Waals surface area contributed by atoms with Gasteiger partial charge in [-0.3, -0.25) is 19.6 Å². The number of pyridine rings is 5. The highest BCUT2D eigenvalue weighted by atomic mass is 79.9. The van der Waals surface area contributed by atoms with Crippen LogP contribution < -0.4 is 5.46 Å². The Labute approximate surface area is 866 Å². The van der Waals surface area contributed by atoms with E-state index in [9.17, 15) is 35.8 Å². The molecule has 49 heteroatoms. The molecule has 4 saturated heterocycles. The van der Waals surface area contributed by atoms with Crippen molar-refractivity contribution in [3.05, 3.63) is 188 Å². The molecule has 0 bridgehead atoms. The maximum absolute atomic E-state index is 12.2. The van der Waals surface area contributed by atoms with Crippen molar-refractivity contribution in [2.75, 3.05) is 76.3 Å². The Morgan fingerprint density at radius 3 is 1.25 bits per heavy atom. The van der Waals surface area contributed by atoms with Crippen LogP contribution in [0.2, 0.25) is 102 Å². The van der Waals surface area contributed by atoms with Crippen molar-refractivity contribution < 1.29 is 48.8 Å². The molecule has 4 fully saturated rings. The van der Waals surface area contributed by atoms with Crippen molar-refractivity contribution >= 4 is 212 Å². The van der Waals surface area contributed by atoms with E-state index in [0.717, 1.165) is 134 Å². The normalized spacial score (nSPS) is 15.7. The van der Waals surface area contributed by atoms with Gasteiger partial charge in [-0.05, 0) is 134 Å². The molecular weight excluding hydrogens is 2150 g/mol. The number of nitrogens with one attached hydrogen (secondary N) is 4. The van der Waals surface area contributed by atoms with Gasteiger partial charge in [-0.1, -0.05) is 117 Å². The number of sulfonamides is 3. The molecule has 14 aromatic rings. The summed E-state index contributed by atoms with van der Waals surface area (Å²) in [7, 11) is -13.2. The number of nitrogens with zero attached hydrogens (tertiary/aromatic N) is 20. The van der Waals surface area contributed by atoms with E-state index in [1.807, 2.05) is 121 Å². The van der Waals surface area contributed by atoms with Crippen LogP contribution in [0, 0.1) is 34.0 Å². The average molecular weight is 2260 g/mol. The topological polar surface area (TPSA) is 433 Å². The molecule has 0 saturated carbocycles. The Morgan fingerprint density at radius 2 is 0.844 bits per heavy atom. The Bertz CT molecular complexity index is 7210. The van der Waals surface area contributed by atoms with Crippen LogP contribution in [0.5, 0.6) is 0 Å². The van der Waals surface area contributed by atoms with Gasteiger partial charge >= 0.3 is 7.12 Å². The van der Waals surface area contributed by atoms with Crippen LogP contribution in [-0.2, 0) is 84.9 Å². The largest absolute Gasteiger partial charge is 0.498 e. The third-order valence-electron chi connectivity index (χ3n) is 24.4. The maximum Gasteiger partial charge on any atom is 0.498 e. The third-order valence-corrected chi connectivity index (χ3v) is 38.4. The molecule has 141 heavy (non-hydrogen) atoms. The first kappa shape index (κ1) is 111. The highest BCUT2D eigenvalue weighted by Gasteiger charge is 2.53. The minimum atomic E-state index is -3.31. The van der Waals surface area contributed by atoms with Gasteiger partial charge in [0.15, 0.2) is 0 Å². The number of hydrogen-bond donors (Lipinski definition) is 4. The number of allylic oxidation sites excluding steroid dienone is 1. The summed E-state index contributed by atoms with van der Waals surface area (Å²) in [6, 6.07) is 19.5. The molecule has 0 amide bonds. The van der Waals surface area contributed by atoms with Crippen LogP contribution in [0.15, 0.2) is 162 Å². The van der Waals surface area contributed by atoms with E-state index in [0.29, 0.717) is 65.0 Å². The van der Waals surface area contributed by atoms with Crippen LogP contribution in [-0.4, -0.2) is 246 Å². The average Bonchev–Trinajstić information content (AvgIpc) is 1.75. The summed E-state index contributed by atoms with van der Waals surface area (Å²) in [5.74, 6) is 0.203. The summed E-state index contributed by atoms with van der Waals surface area (Å²) >= 11 is 38.0. The first-order valence-corrected chi connectivity index (χ1v) is 64.8. The summed E-state index contributed by atoms with van der Waals surface area (Å²) in [4.78, 5) is 27.7. The van der Waals surface area contributed by atoms with Gasteiger partial charge in [0.05, 0.1) is 103 Å². The highest BCUT2D eigenvalue weighted by molar-refractivity contribution is 9.11. The van der Waals surface area contributed by atoms with Crippen LogP contribution in [0.4, 0.5) is 0 Å². The van der Waals surface area contributed by atoms with Crippen LogP contribution in [0.1, 0.15) is 61.3 Å². The lowest BCUT2D eigenvalue weighted by Crippen LogP contribution is -2.64. The van der Waals surface area contributed by atoms with Gasteiger partial charge in [0.1, 0.15) is 59.5 Å². The molecule has 14 aromatic heterocycles.